The second-order valence-electron chi connectivity index (χ2n) is 6.65. The number of nitrogens with zero attached hydrogens (tertiary/aromatic N) is 2. The highest BCUT2D eigenvalue weighted by atomic mass is 16.5. The Morgan fingerprint density at radius 1 is 1.04 bits per heavy atom. The fourth-order valence-electron chi connectivity index (χ4n) is 3.58. The molecule has 0 aromatic heterocycles. The maximum atomic E-state index is 5.96. The summed E-state index contributed by atoms with van der Waals surface area (Å²) >= 11 is 0. The Hall–Kier alpha value is -2.20. The maximum absolute atomic E-state index is 5.96. The summed E-state index contributed by atoms with van der Waals surface area (Å²) in [6.45, 7) is 9.01. The van der Waals surface area contributed by atoms with E-state index < -0.39 is 0 Å². The minimum Gasteiger partial charge on any atom is -0.489 e. The standard InChI is InChI=1S/C20H25N3O/c1-16-3-2-4-17(13-16)15-23-11-12-24-20-14-18(5-6-19(20)23)22-9-7-21-8-10-22/h2-6,13-14,21H,7-12,15H2,1H3. The van der Waals surface area contributed by atoms with E-state index >= 15 is 0 Å². The van der Waals surface area contributed by atoms with Crippen LogP contribution < -0.4 is 19.9 Å². The molecule has 0 unspecified atom stereocenters. The first-order valence-corrected chi connectivity index (χ1v) is 8.82. The summed E-state index contributed by atoms with van der Waals surface area (Å²) in [7, 11) is 0. The summed E-state index contributed by atoms with van der Waals surface area (Å²) in [4.78, 5) is 4.86. The van der Waals surface area contributed by atoms with Crippen LogP contribution in [0, 0.1) is 6.92 Å². The first kappa shape index (κ1) is 15.3. The van der Waals surface area contributed by atoms with Gasteiger partial charge in [0.1, 0.15) is 12.4 Å². The molecule has 4 heteroatoms. The molecule has 2 aliphatic heterocycles. The number of piperazine rings is 1. The molecule has 0 saturated carbocycles. The van der Waals surface area contributed by atoms with Gasteiger partial charge >= 0.3 is 0 Å². The Labute approximate surface area is 144 Å². The topological polar surface area (TPSA) is 27.7 Å². The molecule has 0 atom stereocenters. The molecule has 24 heavy (non-hydrogen) atoms. The summed E-state index contributed by atoms with van der Waals surface area (Å²) in [5, 5.41) is 3.40. The Morgan fingerprint density at radius 3 is 2.75 bits per heavy atom. The molecule has 4 nitrogen and oxygen atoms in total. The fraction of sp³-hybridized carbons (Fsp3) is 0.400. The number of benzene rings is 2. The minimum absolute atomic E-state index is 0.754. The molecule has 126 valence electrons. The highest BCUT2D eigenvalue weighted by Gasteiger charge is 2.20. The smallest absolute Gasteiger partial charge is 0.144 e. The molecular formula is C20H25N3O. The molecule has 0 aliphatic carbocycles. The number of hydrogen-bond acceptors (Lipinski definition) is 4. The highest BCUT2D eigenvalue weighted by molar-refractivity contribution is 5.67. The largest absolute Gasteiger partial charge is 0.489 e. The van der Waals surface area contributed by atoms with E-state index in [0.717, 1.165) is 51.6 Å². The summed E-state index contributed by atoms with van der Waals surface area (Å²) in [6.07, 6.45) is 0. The van der Waals surface area contributed by atoms with Crippen LogP contribution in [0.25, 0.3) is 0 Å². The normalized spacial score (nSPS) is 17.4. The summed E-state index contributed by atoms with van der Waals surface area (Å²) in [5.74, 6) is 1.02. The predicted octanol–water partition coefficient (Wildman–Crippen LogP) is 2.80. The Kier molecular flexibility index (Phi) is 4.30. The van der Waals surface area contributed by atoms with Gasteiger partial charge in [-0.3, -0.25) is 0 Å². The minimum atomic E-state index is 0.754. The Balaban J connectivity index is 1.56. The van der Waals surface area contributed by atoms with Crippen molar-refractivity contribution in [2.75, 3.05) is 49.1 Å². The Morgan fingerprint density at radius 2 is 1.92 bits per heavy atom. The molecule has 4 rings (SSSR count). The van der Waals surface area contributed by atoms with Gasteiger partial charge in [-0.15, -0.1) is 0 Å². The van der Waals surface area contributed by atoms with Crippen LogP contribution in [-0.2, 0) is 6.54 Å². The van der Waals surface area contributed by atoms with Gasteiger partial charge in [0, 0.05) is 44.5 Å². The van der Waals surface area contributed by atoms with Gasteiger partial charge in [0.05, 0.1) is 12.2 Å². The van der Waals surface area contributed by atoms with Crippen molar-refractivity contribution in [3.05, 3.63) is 53.6 Å². The third-order valence-corrected chi connectivity index (χ3v) is 4.84. The SMILES string of the molecule is Cc1cccc(CN2CCOc3cc(N4CCNCC4)ccc32)c1. The van der Waals surface area contributed by atoms with Gasteiger partial charge in [0.25, 0.3) is 0 Å². The lowest BCUT2D eigenvalue weighted by molar-refractivity contribution is 0.307. The van der Waals surface area contributed by atoms with E-state index in [9.17, 15) is 0 Å². The van der Waals surface area contributed by atoms with Crippen LogP contribution in [0.5, 0.6) is 5.75 Å². The first-order chi connectivity index (χ1) is 11.8. The first-order valence-electron chi connectivity index (χ1n) is 8.82. The van der Waals surface area contributed by atoms with Crippen molar-refractivity contribution in [1.82, 2.24) is 5.32 Å². The van der Waals surface area contributed by atoms with Crippen LogP contribution in [0.1, 0.15) is 11.1 Å². The average molecular weight is 323 g/mol. The van der Waals surface area contributed by atoms with E-state index in [1.54, 1.807) is 0 Å². The zero-order chi connectivity index (χ0) is 16.4. The number of hydrogen-bond donors (Lipinski definition) is 1. The second kappa shape index (κ2) is 6.73. The van der Waals surface area contributed by atoms with Crippen molar-refractivity contribution >= 4 is 11.4 Å². The van der Waals surface area contributed by atoms with E-state index in [1.807, 2.05) is 0 Å². The molecule has 2 aliphatic rings. The summed E-state index contributed by atoms with van der Waals surface area (Å²) in [5.41, 5.74) is 5.15. The molecule has 0 amide bonds. The molecule has 2 heterocycles. The quantitative estimate of drug-likeness (QED) is 0.940. The van der Waals surface area contributed by atoms with Crippen LogP contribution in [0.3, 0.4) is 0 Å². The highest BCUT2D eigenvalue weighted by Crippen LogP contribution is 2.36. The molecular weight excluding hydrogens is 298 g/mol. The lowest BCUT2D eigenvalue weighted by Gasteiger charge is -2.34. The van der Waals surface area contributed by atoms with E-state index in [-0.39, 0.29) is 0 Å². The number of fused-ring (bicyclic) bond motifs is 1. The summed E-state index contributed by atoms with van der Waals surface area (Å²) < 4.78 is 5.96. The van der Waals surface area contributed by atoms with Gasteiger partial charge in [0.2, 0.25) is 0 Å². The van der Waals surface area contributed by atoms with Crippen molar-refractivity contribution in [2.45, 2.75) is 13.5 Å². The van der Waals surface area contributed by atoms with Crippen molar-refractivity contribution in [1.29, 1.82) is 0 Å². The molecule has 0 bridgehead atoms. The second-order valence-corrected chi connectivity index (χ2v) is 6.65. The van der Waals surface area contributed by atoms with Crippen molar-refractivity contribution in [3.8, 4) is 5.75 Å². The predicted molar refractivity (Wildman–Crippen MR) is 99.2 cm³/mol. The van der Waals surface area contributed by atoms with Crippen LogP contribution in [0.15, 0.2) is 42.5 Å². The molecule has 2 aromatic rings. The molecule has 1 N–H and O–H groups in total. The van der Waals surface area contributed by atoms with Gasteiger partial charge in [-0.05, 0) is 24.6 Å². The van der Waals surface area contributed by atoms with Gasteiger partial charge < -0.3 is 19.9 Å². The molecule has 1 saturated heterocycles. The number of anilines is 2. The van der Waals surface area contributed by atoms with Crippen LogP contribution in [0.4, 0.5) is 11.4 Å². The van der Waals surface area contributed by atoms with Gasteiger partial charge in [0.15, 0.2) is 0 Å². The van der Waals surface area contributed by atoms with Crippen molar-refractivity contribution in [3.63, 3.8) is 0 Å². The van der Waals surface area contributed by atoms with Gasteiger partial charge in [-0.25, -0.2) is 0 Å². The third kappa shape index (κ3) is 3.20. The van der Waals surface area contributed by atoms with Gasteiger partial charge in [-0.2, -0.15) is 0 Å². The number of ether oxygens (including phenoxy) is 1. The summed E-state index contributed by atoms with van der Waals surface area (Å²) in [6, 6.07) is 15.4. The van der Waals surface area contributed by atoms with Crippen molar-refractivity contribution in [2.24, 2.45) is 0 Å². The Bertz CT molecular complexity index is 710. The van der Waals surface area contributed by atoms with E-state index in [1.165, 1.54) is 22.5 Å². The van der Waals surface area contributed by atoms with Crippen molar-refractivity contribution < 1.29 is 4.74 Å². The number of aryl methyl sites for hydroxylation is 1. The molecule has 0 radical (unpaired) electrons. The zero-order valence-electron chi connectivity index (χ0n) is 14.3. The molecule has 0 spiro atoms. The zero-order valence-corrected chi connectivity index (χ0v) is 14.3. The number of rotatable bonds is 3. The lowest BCUT2D eigenvalue weighted by Crippen LogP contribution is -2.43. The molecule has 1 fully saturated rings. The van der Waals surface area contributed by atoms with E-state index in [4.69, 9.17) is 4.74 Å². The third-order valence-electron chi connectivity index (χ3n) is 4.84. The van der Waals surface area contributed by atoms with E-state index in [0.29, 0.717) is 0 Å². The van der Waals surface area contributed by atoms with Crippen LogP contribution >= 0.6 is 0 Å². The maximum Gasteiger partial charge on any atom is 0.144 e. The lowest BCUT2D eigenvalue weighted by atomic mass is 10.1. The fourth-order valence-corrected chi connectivity index (χ4v) is 3.58. The van der Waals surface area contributed by atoms with Crippen LogP contribution in [-0.4, -0.2) is 39.3 Å². The monoisotopic (exact) mass is 323 g/mol. The van der Waals surface area contributed by atoms with Gasteiger partial charge in [-0.1, -0.05) is 29.8 Å². The molecule has 2 aromatic carbocycles. The van der Waals surface area contributed by atoms with E-state index in [2.05, 4.69) is 64.5 Å². The average Bonchev–Trinajstić information content (AvgIpc) is 2.62. The number of nitrogens with one attached hydrogen (secondary N) is 1. The van der Waals surface area contributed by atoms with Crippen LogP contribution in [0.2, 0.25) is 0 Å².